The minimum absolute atomic E-state index is 0.117. The predicted octanol–water partition coefficient (Wildman–Crippen LogP) is 4.56. The van der Waals surface area contributed by atoms with Gasteiger partial charge in [-0.15, -0.1) is 0 Å². The molecule has 0 saturated heterocycles. The molecule has 35 heavy (non-hydrogen) atoms. The summed E-state index contributed by atoms with van der Waals surface area (Å²) in [6.07, 6.45) is 1.50. The summed E-state index contributed by atoms with van der Waals surface area (Å²) in [5.74, 6) is 3.37. The first-order valence-corrected chi connectivity index (χ1v) is 11.2. The van der Waals surface area contributed by atoms with E-state index in [2.05, 4.69) is 4.90 Å². The van der Waals surface area contributed by atoms with E-state index in [1.165, 1.54) is 6.26 Å². The lowest BCUT2D eigenvalue weighted by atomic mass is 10.0. The Balaban J connectivity index is 1.33. The number of benzene rings is 3. The van der Waals surface area contributed by atoms with Crippen molar-refractivity contribution in [2.45, 2.75) is 13.1 Å². The van der Waals surface area contributed by atoms with Crippen LogP contribution in [-0.2, 0) is 13.1 Å². The SMILES string of the molecule is COc1ccc(-c2coc3c4c(ccc3c2=O)OCN(Cc2ccc3c(c2)OCO3)C4)cc1OC. The molecular weight excluding hydrogens is 450 g/mol. The lowest BCUT2D eigenvalue weighted by molar-refractivity contribution is 0.0889. The fourth-order valence-corrected chi connectivity index (χ4v) is 4.56. The molecule has 3 aromatic carbocycles. The molecule has 8 nitrogen and oxygen atoms in total. The standard InChI is InChI=1S/C27H23NO7/c1-30-22-7-4-17(10-24(22)31-2)20-13-32-27-18(26(20)29)5-8-21-19(27)12-28(14-33-21)11-16-3-6-23-25(9-16)35-15-34-23/h3-10,13H,11-12,14-15H2,1-2H3. The third-order valence-electron chi connectivity index (χ3n) is 6.32. The van der Waals surface area contributed by atoms with Gasteiger partial charge in [-0.05, 0) is 47.5 Å². The number of methoxy groups -OCH3 is 2. The Bertz CT molecular complexity index is 1490. The maximum Gasteiger partial charge on any atom is 0.231 e. The Hall–Kier alpha value is -4.17. The van der Waals surface area contributed by atoms with Gasteiger partial charge in [-0.25, -0.2) is 0 Å². The zero-order valence-corrected chi connectivity index (χ0v) is 19.3. The van der Waals surface area contributed by atoms with Crippen LogP contribution < -0.4 is 29.1 Å². The highest BCUT2D eigenvalue weighted by Gasteiger charge is 2.24. The molecule has 0 amide bonds. The minimum atomic E-state index is -0.117. The van der Waals surface area contributed by atoms with Crippen LogP contribution in [0.5, 0.6) is 28.7 Å². The Labute approximate surface area is 201 Å². The van der Waals surface area contributed by atoms with E-state index in [0.717, 1.165) is 28.4 Å². The van der Waals surface area contributed by atoms with E-state index in [1.54, 1.807) is 32.4 Å². The van der Waals surface area contributed by atoms with Crippen LogP contribution in [0.25, 0.3) is 22.1 Å². The van der Waals surface area contributed by atoms with Crippen LogP contribution in [0.4, 0.5) is 0 Å². The van der Waals surface area contributed by atoms with Crippen molar-refractivity contribution < 1.29 is 28.1 Å². The molecule has 0 unspecified atom stereocenters. The van der Waals surface area contributed by atoms with Gasteiger partial charge in [0.2, 0.25) is 12.2 Å². The van der Waals surface area contributed by atoms with Crippen LogP contribution in [0.3, 0.4) is 0 Å². The van der Waals surface area contributed by atoms with Gasteiger partial charge in [0.15, 0.2) is 23.0 Å². The fourth-order valence-electron chi connectivity index (χ4n) is 4.56. The van der Waals surface area contributed by atoms with E-state index in [-0.39, 0.29) is 12.2 Å². The second-order valence-electron chi connectivity index (χ2n) is 8.42. The van der Waals surface area contributed by atoms with Crippen molar-refractivity contribution in [1.82, 2.24) is 4.90 Å². The monoisotopic (exact) mass is 473 g/mol. The lowest BCUT2D eigenvalue weighted by Gasteiger charge is -2.29. The van der Waals surface area contributed by atoms with E-state index in [4.69, 9.17) is 28.1 Å². The highest BCUT2D eigenvalue weighted by molar-refractivity contribution is 5.86. The average molecular weight is 473 g/mol. The Kier molecular flexibility index (Phi) is 5.22. The number of ether oxygens (including phenoxy) is 5. The molecule has 4 aromatic rings. The van der Waals surface area contributed by atoms with Gasteiger partial charge in [-0.3, -0.25) is 9.69 Å². The van der Waals surface area contributed by atoms with Gasteiger partial charge in [0.25, 0.3) is 0 Å². The summed E-state index contributed by atoms with van der Waals surface area (Å²) in [5.41, 5.74) is 3.49. The highest BCUT2D eigenvalue weighted by atomic mass is 16.7. The van der Waals surface area contributed by atoms with Crippen LogP contribution in [0.15, 0.2) is 64.0 Å². The van der Waals surface area contributed by atoms with Gasteiger partial charge in [0.1, 0.15) is 24.3 Å². The van der Waals surface area contributed by atoms with E-state index < -0.39 is 0 Å². The summed E-state index contributed by atoms with van der Waals surface area (Å²) >= 11 is 0. The van der Waals surface area contributed by atoms with Crippen molar-refractivity contribution in [3.8, 4) is 39.9 Å². The maximum atomic E-state index is 13.4. The van der Waals surface area contributed by atoms with Crippen molar-refractivity contribution in [3.63, 3.8) is 0 Å². The van der Waals surface area contributed by atoms with Gasteiger partial charge in [-0.1, -0.05) is 12.1 Å². The first-order valence-electron chi connectivity index (χ1n) is 11.2. The van der Waals surface area contributed by atoms with Crippen LogP contribution in [0.2, 0.25) is 0 Å². The second kappa shape index (κ2) is 8.56. The fraction of sp³-hybridized carbons (Fsp3) is 0.222. The zero-order valence-electron chi connectivity index (χ0n) is 19.3. The van der Waals surface area contributed by atoms with Crippen molar-refractivity contribution in [3.05, 3.63) is 76.1 Å². The summed E-state index contributed by atoms with van der Waals surface area (Å²) in [7, 11) is 3.13. The molecule has 0 spiro atoms. The zero-order chi connectivity index (χ0) is 23.9. The lowest BCUT2D eigenvalue weighted by Crippen LogP contribution is -2.31. The third-order valence-corrected chi connectivity index (χ3v) is 6.32. The van der Waals surface area contributed by atoms with Crippen LogP contribution in [0, 0.1) is 0 Å². The van der Waals surface area contributed by atoms with E-state index >= 15 is 0 Å². The number of hydrogen-bond acceptors (Lipinski definition) is 8. The van der Waals surface area contributed by atoms with Crippen molar-refractivity contribution >= 4 is 11.0 Å². The molecule has 2 aliphatic rings. The molecule has 1 aromatic heterocycles. The quantitative estimate of drug-likeness (QED) is 0.418. The minimum Gasteiger partial charge on any atom is -0.493 e. The van der Waals surface area contributed by atoms with Gasteiger partial charge in [0.05, 0.1) is 30.7 Å². The smallest absolute Gasteiger partial charge is 0.231 e. The molecule has 0 bridgehead atoms. The summed E-state index contributed by atoms with van der Waals surface area (Å²) < 4.78 is 33.6. The number of fused-ring (bicyclic) bond motifs is 4. The number of rotatable bonds is 5. The molecule has 8 heteroatoms. The number of hydrogen-bond donors (Lipinski definition) is 0. The number of nitrogens with zero attached hydrogens (tertiary/aromatic N) is 1. The van der Waals surface area contributed by atoms with Gasteiger partial charge in [0, 0.05) is 13.1 Å². The van der Waals surface area contributed by atoms with Crippen molar-refractivity contribution in [2.75, 3.05) is 27.7 Å². The van der Waals surface area contributed by atoms with E-state index in [1.807, 2.05) is 30.3 Å². The van der Waals surface area contributed by atoms with Crippen molar-refractivity contribution in [2.24, 2.45) is 0 Å². The first kappa shape index (κ1) is 21.4. The molecule has 0 radical (unpaired) electrons. The van der Waals surface area contributed by atoms with Gasteiger partial charge < -0.3 is 28.1 Å². The first-order chi connectivity index (χ1) is 17.1. The second-order valence-corrected chi connectivity index (χ2v) is 8.42. The molecule has 0 fully saturated rings. The van der Waals surface area contributed by atoms with Crippen molar-refractivity contribution in [1.29, 1.82) is 0 Å². The molecule has 2 aliphatic heterocycles. The average Bonchev–Trinajstić information content (AvgIpc) is 3.36. The normalized spacial score (nSPS) is 14.5. The molecule has 0 atom stereocenters. The van der Waals surface area contributed by atoms with Crippen LogP contribution in [0.1, 0.15) is 11.1 Å². The molecule has 6 rings (SSSR count). The highest BCUT2D eigenvalue weighted by Crippen LogP contribution is 2.36. The molecule has 0 aliphatic carbocycles. The van der Waals surface area contributed by atoms with E-state index in [9.17, 15) is 4.79 Å². The molecular formula is C27H23NO7. The predicted molar refractivity (Wildman–Crippen MR) is 128 cm³/mol. The Morgan fingerprint density at radius 2 is 1.71 bits per heavy atom. The summed E-state index contributed by atoms with van der Waals surface area (Å²) in [6, 6.07) is 14.9. The summed E-state index contributed by atoms with van der Waals surface area (Å²) in [5, 5.41) is 0.504. The Morgan fingerprint density at radius 1 is 0.886 bits per heavy atom. The maximum absolute atomic E-state index is 13.4. The largest absolute Gasteiger partial charge is 0.493 e. The Morgan fingerprint density at radius 3 is 2.57 bits per heavy atom. The molecule has 178 valence electrons. The van der Waals surface area contributed by atoms with Crippen LogP contribution >= 0.6 is 0 Å². The molecule has 0 N–H and O–H groups in total. The molecule has 3 heterocycles. The summed E-state index contributed by atoms with van der Waals surface area (Å²) in [6.45, 7) is 1.91. The topological polar surface area (TPSA) is 79.6 Å². The summed E-state index contributed by atoms with van der Waals surface area (Å²) in [4.78, 5) is 15.6. The third kappa shape index (κ3) is 3.72. The molecule has 0 saturated carbocycles. The van der Waals surface area contributed by atoms with Gasteiger partial charge >= 0.3 is 0 Å². The van der Waals surface area contributed by atoms with E-state index in [0.29, 0.717) is 53.4 Å². The van der Waals surface area contributed by atoms with Gasteiger partial charge in [-0.2, -0.15) is 0 Å². The van der Waals surface area contributed by atoms with Crippen LogP contribution in [-0.4, -0.2) is 32.6 Å².